The van der Waals surface area contributed by atoms with Crippen LogP contribution in [0.1, 0.15) is 17.4 Å². The molecule has 0 aliphatic carbocycles. The van der Waals surface area contributed by atoms with Crippen LogP contribution in [0.25, 0.3) is 0 Å². The highest BCUT2D eigenvalue weighted by Gasteiger charge is 2.21. The SMILES string of the molecule is COc1cccc([C@H](NC(=O)Nc2ccc(Cl)c(Cl)c2)c2nccn2C)c1. The van der Waals surface area contributed by atoms with E-state index < -0.39 is 12.1 Å². The number of rotatable bonds is 5. The molecular weight excluding hydrogens is 387 g/mol. The molecule has 0 unspecified atom stereocenters. The van der Waals surface area contributed by atoms with E-state index in [1.165, 1.54) is 0 Å². The molecule has 0 aliphatic rings. The first kappa shape index (κ1) is 19.1. The molecule has 0 spiro atoms. The number of aromatic nitrogens is 2. The van der Waals surface area contributed by atoms with Crippen LogP contribution in [0.3, 0.4) is 0 Å². The van der Waals surface area contributed by atoms with Crippen molar-refractivity contribution in [3.8, 4) is 5.75 Å². The summed E-state index contributed by atoms with van der Waals surface area (Å²) in [6, 6.07) is 11.5. The second kappa shape index (κ2) is 8.33. The fourth-order valence-corrected chi connectivity index (χ4v) is 2.94. The molecule has 140 valence electrons. The molecular formula is C19H18Cl2N4O2. The zero-order valence-electron chi connectivity index (χ0n) is 14.7. The number of benzene rings is 2. The molecule has 1 atom stereocenters. The van der Waals surface area contributed by atoms with Gasteiger partial charge in [-0.3, -0.25) is 0 Å². The Hall–Kier alpha value is -2.70. The van der Waals surface area contributed by atoms with Crippen LogP contribution >= 0.6 is 23.2 Å². The van der Waals surface area contributed by atoms with Crippen LogP contribution in [0.5, 0.6) is 5.75 Å². The zero-order valence-corrected chi connectivity index (χ0v) is 16.3. The van der Waals surface area contributed by atoms with Crippen molar-refractivity contribution in [2.75, 3.05) is 12.4 Å². The average molecular weight is 405 g/mol. The number of hydrogen-bond acceptors (Lipinski definition) is 3. The quantitative estimate of drug-likeness (QED) is 0.650. The smallest absolute Gasteiger partial charge is 0.320 e. The van der Waals surface area contributed by atoms with E-state index in [1.54, 1.807) is 31.5 Å². The number of urea groups is 1. The average Bonchev–Trinajstić information content (AvgIpc) is 3.08. The molecule has 6 nitrogen and oxygen atoms in total. The van der Waals surface area contributed by atoms with Crippen molar-refractivity contribution in [3.05, 3.63) is 76.3 Å². The number of ether oxygens (including phenoxy) is 1. The first-order valence-corrected chi connectivity index (χ1v) is 8.87. The fourth-order valence-electron chi connectivity index (χ4n) is 2.65. The maximum absolute atomic E-state index is 12.6. The van der Waals surface area contributed by atoms with E-state index in [1.807, 2.05) is 42.1 Å². The van der Waals surface area contributed by atoms with Crippen molar-refractivity contribution in [2.45, 2.75) is 6.04 Å². The lowest BCUT2D eigenvalue weighted by molar-refractivity contribution is 0.249. The van der Waals surface area contributed by atoms with Crippen LogP contribution in [0.2, 0.25) is 10.0 Å². The van der Waals surface area contributed by atoms with E-state index in [9.17, 15) is 4.79 Å². The van der Waals surface area contributed by atoms with Gasteiger partial charge in [-0.2, -0.15) is 0 Å². The summed E-state index contributed by atoms with van der Waals surface area (Å²) >= 11 is 11.9. The normalized spacial score (nSPS) is 11.7. The van der Waals surface area contributed by atoms with E-state index in [0.29, 0.717) is 27.3 Å². The van der Waals surface area contributed by atoms with Crippen LogP contribution < -0.4 is 15.4 Å². The van der Waals surface area contributed by atoms with E-state index in [0.717, 1.165) is 5.56 Å². The summed E-state index contributed by atoms with van der Waals surface area (Å²) < 4.78 is 7.15. The van der Waals surface area contributed by atoms with Gasteiger partial charge in [-0.05, 0) is 35.9 Å². The van der Waals surface area contributed by atoms with Crippen LogP contribution in [0, 0.1) is 0 Å². The summed E-state index contributed by atoms with van der Waals surface area (Å²) in [7, 11) is 3.47. The number of halogens is 2. The highest BCUT2D eigenvalue weighted by Crippen LogP contribution is 2.26. The van der Waals surface area contributed by atoms with Crippen molar-refractivity contribution in [3.63, 3.8) is 0 Å². The first-order valence-electron chi connectivity index (χ1n) is 8.11. The van der Waals surface area contributed by atoms with Crippen molar-refractivity contribution in [1.82, 2.24) is 14.9 Å². The second-order valence-electron chi connectivity index (χ2n) is 5.83. The Balaban J connectivity index is 1.85. The molecule has 0 saturated carbocycles. The van der Waals surface area contributed by atoms with Crippen molar-refractivity contribution >= 4 is 34.9 Å². The number of carbonyl (C=O) groups excluding carboxylic acids is 1. The van der Waals surface area contributed by atoms with E-state index in [2.05, 4.69) is 15.6 Å². The number of aryl methyl sites for hydroxylation is 1. The van der Waals surface area contributed by atoms with Gasteiger partial charge >= 0.3 is 6.03 Å². The van der Waals surface area contributed by atoms with Gasteiger partial charge in [0.05, 0.1) is 17.2 Å². The number of carbonyl (C=O) groups is 1. The molecule has 2 N–H and O–H groups in total. The highest BCUT2D eigenvalue weighted by atomic mass is 35.5. The third-order valence-electron chi connectivity index (χ3n) is 4.00. The number of nitrogens with one attached hydrogen (secondary N) is 2. The standard InChI is InChI=1S/C19H18Cl2N4O2/c1-25-9-8-22-18(25)17(12-4-3-5-14(10-12)27-2)24-19(26)23-13-6-7-15(20)16(21)11-13/h3-11,17H,1-2H3,(H2,23,24,26)/t17-/m0/s1. The van der Waals surface area contributed by atoms with E-state index in [-0.39, 0.29) is 0 Å². The molecule has 27 heavy (non-hydrogen) atoms. The first-order chi connectivity index (χ1) is 13.0. The fraction of sp³-hybridized carbons (Fsp3) is 0.158. The van der Waals surface area contributed by atoms with E-state index in [4.69, 9.17) is 27.9 Å². The summed E-state index contributed by atoms with van der Waals surface area (Å²) in [5, 5.41) is 6.49. The lowest BCUT2D eigenvalue weighted by Gasteiger charge is -2.20. The van der Waals surface area contributed by atoms with Crippen molar-refractivity contribution in [2.24, 2.45) is 7.05 Å². The topological polar surface area (TPSA) is 68.2 Å². The maximum atomic E-state index is 12.6. The third kappa shape index (κ3) is 4.53. The van der Waals surface area contributed by atoms with Gasteiger partial charge in [0.2, 0.25) is 0 Å². The van der Waals surface area contributed by atoms with Gasteiger partial charge in [0.25, 0.3) is 0 Å². The molecule has 8 heteroatoms. The summed E-state index contributed by atoms with van der Waals surface area (Å²) in [6.07, 6.45) is 3.50. The molecule has 1 aromatic heterocycles. The summed E-state index contributed by atoms with van der Waals surface area (Å²) in [4.78, 5) is 17.0. The summed E-state index contributed by atoms with van der Waals surface area (Å²) in [5.41, 5.74) is 1.37. The van der Waals surface area contributed by atoms with E-state index >= 15 is 0 Å². The van der Waals surface area contributed by atoms with Crippen molar-refractivity contribution < 1.29 is 9.53 Å². The van der Waals surface area contributed by atoms with Gasteiger partial charge in [-0.25, -0.2) is 9.78 Å². The Labute approximate surface area is 167 Å². The number of hydrogen-bond donors (Lipinski definition) is 2. The van der Waals surface area contributed by atoms with Crippen LogP contribution in [-0.2, 0) is 7.05 Å². The number of imidazole rings is 1. The minimum atomic E-state index is -0.470. The second-order valence-corrected chi connectivity index (χ2v) is 6.65. The predicted molar refractivity (Wildman–Crippen MR) is 107 cm³/mol. The Kier molecular flexibility index (Phi) is 5.88. The largest absolute Gasteiger partial charge is 0.497 e. The molecule has 3 rings (SSSR count). The van der Waals surface area contributed by atoms with Crippen LogP contribution in [-0.4, -0.2) is 22.7 Å². The van der Waals surface area contributed by atoms with Crippen LogP contribution in [0.15, 0.2) is 54.9 Å². The van der Waals surface area contributed by atoms with Gasteiger partial charge in [0.15, 0.2) is 0 Å². The number of methoxy groups -OCH3 is 1. The molecule has 0 saturated heterocycles. The van der Waals surface area contributed by atoms with Crippen LogP contribution in [0.4, 0.5) is 10.5 Å². The third-order valence-corrected chi connectivity index (χ3v) is 4.74. The lowest BCUT2D eigenvalue weighted by atomic mass is 10.1. The van der Waals surface area contributed by atoms with Crippen molar-refractivity contribution in [1.29, 1.82) is 0 Å². The Morgan fingerprint density at radius 2 is 2.00 bits per heavy atom. The van der Waals surface area contributed by atoms with Gasteiger partial charge in [0, 0.05) is 25.1 Å². The Bertz CT molecular complexity index is 958. The number of amides is 2. The highest BCUT2D eigenvalue weighted by molar-refractivity contribution is 6.42. The maximum Gasteiger partial charge on any atom is 0.320 e. The summed E-state index contributed by atoms with van der Waals surface area (Å²) in [6.45, 7) is 0. The minimum absolute atomic E-state index is 0.364. The Morgan fingerprint density at radius 3 is 2.67 bits per heavy atom. The molecule has 2 amide bonds. The number of anilines is 1. The molecule has 0 aliphatic heterocycles. The lowest BCUT2D eigenvalue weighted by Crippen LogP contribution is -2.34. The Morgan fingerprint density at radius 1 is 1.19 bits per heavy atom. The van der Waals surface area contributed by atoms with Gasteiger partial charge in [-0.1, -0.05) is 35.3 Å². The molecule has 0 fully saturated rings. The monoisotopic (exact) mass is 404 g/mol. The molecule has 2 aromatic carbocycles. The van der Waals surface area contributed by atoms with Gasteiger partial charge in [0.1, 0.15) is 17.6 Å². The molecule has 0 bridgehead atoms. The minimum Gasteiger partial charge on any atom is -0.497 e. The predicted octanol–water partition coefficient (Wildman–Crippen LogP) is 4.65. The molecule has 1 heterocycles. The summed E-state index contributed by atoms with van der Waals surface area (Å²) in [5.74, 6) is 1.38. The molecule has 0 radical (unpaired) electrons. The molecule has 3 aromatic rings. The zero-order chi connectivity index (χ0) is 19.4. The number of nitrogens with zero attached hydrogens (tertiary/aromatic N) is 2. The van der Waals surface area contributed by atoms with Gasteiger partial charge < -0.3 is 19.9 Å². The van der Waals surface area contributed by atoms with Gasteiger partial charge in [-0.15, -0.1) is 0 Å².